The number of esters is 1. The van der Waals surface area contributed by atoms with E-state index >= 15 is 0 Å². The summed E-state index contributed by atoms with van der Waals surface area (Å²) in [6.07, 6.45) is -6.14. The number of nitrogens with one attached hydrogen (secondary N) is 1. The number of carbonyl (C=O) groups excluding carboxylic acids is 1. The number of halogens is 3. The minimum absolute atomic E-state index is 0.0658. The molecule has 7 heteroatoms. The Labute approximate surface area is 105 Å². The zero-order chi connectivity index (χ0) is 14.2. The van der Waals surface area contributed by atoms with Gasteiger partial charge in [-0.25, -0.2) is 4.79 Å². The second-order valence-corrected chi connectivity index (χ2v) is 3.91. The van der Waals surface area contributed by atoms with Crippen molar-refractivity contribution >= 4 is 16.9 Å². The number of methoxy groups -OCH3 is 1. The molecule has 0 saturated carbocycles. The van der Waals surface area contributed by atoms with Gasteiger partial charge in [0.15, 0.2) is 6.10 Å². The van der Waals surface area contributed by atoms with Gasteiger partial charge in [-0.15, -0.1) is 0 Å². The molecule has 2 N–H and O–H groups in total. The standard InChI is InChI=1S/C12H10F3NO3/c1-19-11(18)10(17)6-3-2-4-8-7(6)5-9(16-8)12(13,14)15/h2-5,10,16-17H,1H3. The fraction of sp³-hybridized carbons (Fsp3) is 0.250. The number of aromatic amines is 1. The summed E-state index contributed by atoms with van der Waals surface area (Å²) < 4.78 is 42.2. The Morgan fingerprint density at radius 3 is 2.68 bits per heavy atom. The molecule has 0 aliphatic rings. The van der Waals surface area contributed by atoms with Crippen molar-refractivity contribution in [2.24, 2.45) is 0 Å². The van der Waals surface area contributed by atoms with E-state index in [0.29, 0.717) is 0 Å². The SMILES string of the molecule is COC(=O)C(O)c1cccc2[nH]c(C(F)(F)F)cc12. The molecule has 2 rings (SSSR count). The number of rotatable bonds is 2. The maximum atomic E-state index is 12.6. The van der Waals surface area contributed by atoms with Crippen LogP contribution in [0.25, 0.3) is 10.9 Å². The summed E-state index contributed by atoms with van der Waals surface area (Å²) in [6.45, 7) is 0. The number of aromatic nitrogens is 1. The van der Waals surface area contributed by atoms with Crippen molar-refractivity contribution in [1.82, 2.24) is 4.98 Å². The third kappa shape index (κ3) is 2.41. The first-order valence-electron chi connectivity index (χ1n) is 5.29. The van der Waals surface area contributed by atoms with Crippen LogP contribution >= 0.6 is 0 Å². The molecule has 0 aliphatic carbocycles. The number of ether oxygens (including phenoxy) is 1. The summed E-state index contributed by atoms with van der Waals surface area (Å²) >= 11 is 0. The molecular weight excluding hydrogens is 263 g/mol. The largest absolute Gasteiger partial charge is 0.467 e. The molecule has 0 bridgehead atoms. The van der Waals surface area contributed by atoms with E-state index in [1.54, 1.807) is 0 Å². The number of carbonyl (C=O) groups is 1. The van der Waals surface area contributed by atoms with Gasteiger partial charge in [0.1, 0.15) is 5.69 Å². The lowest BCUT2D eigenvalue weighted by atomic mass is 10.0. The lowest BCUT2D eigenvalue weighted by molar-refractivity contribution is -0.150. The number of hydrogen-bond acceptors (Lipinski definition) is 3. The van der Waals surface area contributed by atoms with Crippen molar-refractivity contribution < 1.29 is 27.8 Å². The van der Waals surface area contributed by atoms with E-state index in [2.05, 4.69) is 9.72 Å². The van der Waals surface area contributed by atoms with Crippen LogP contribution in [0.15, 0.2) is 24.3 Å². The molecule has 102 valence electrons. The topological polar surface area (TPSA) is 62.3 Å². The van der Waals surface area contributed by atoms with Gasteiger partial charge in [-0.05, 0) is 12.1 Å². The summed E-state index contributed by atoms with van der Waals surface area (Å²) in [4.78, 5) is 13.5. The Hall–Kier alpha value is -2.02. The van der Waals surface area contributed by atoms with Gasteiger partial charge in [0, 0.05) is 16.5 Å². The maximum absolute atomic E-state index is 12.6. The molecule has 1 atom stereocenters. The summed E-state index contributed by atoms with van der Waals surface area (Å²) in [5.74, 6) is -0.928. The Morgan fingerprint density at radius 2 is 2.11 bits per heavy atom. The molecule has 0 fully saturated rings. The molecule has 0 aliphatic heterocycles. The second-order valence-electron chi connectivity index (χ2n) is 3.91. The van der Waals surface area contributed by atoms with Gasteiger partial charge < -0.3 is 14.8 Å². The van der Waals surface area contributed by atoms with Crippen LogP contribution in [0.5, 0.6) is 0 Å². The van der Waals surface area contributed by atoms with Crippen LogP contribution in [-0.4, -0.2) is 23.2 Å². The Balaban J connectivity index is 2.57. The normalized spacial score (nSPS) is 13.5. The van der Waals surface area contributed by atoms with Crippen molar-refractivity contribution in [3.63, 3.8) is 0 Å². The van der Waals surface area contributed by atoms with Crippen LogP contribution < -0.4 is 0 Å². The predicted octanol–water partition coefficient (Wildman–Crippen LogP) is 2.39. The molecule has 1 heterocycles. The zero-order valence-electron chi connectivity index (χ0n) is 9.78. The van der Waals surface area contributed by atoms with Gasteiger partial charge in [0.05, 0.1) is 7.11 Å². The number of benzene rings is 1. The summed E-state index contributed by atoms with van der Waals surface area (Å²) in [7, 11) is 1.09. The molecule has 19 heavy (non-hydrogen) atoms. The smallest absolute Gasteiger partial charge is 0.431 e. The number of hydrogen-bond donors (Lipinski definition) is 2. The fourth-order valence-electron chi connectivity index (χ4n) is 1.81. The summed E-state index contributed by atoms with van der Waals surface area (Å²) in [5, 5.41) is 9.86. The van der Waals surface area contributed by atoms with E-state index in [1.165, 1.54) is 18.2 Å². The Kier molecular flexibility index (Phi) is 3.23. The van der Waals surface area contributed by atoms with E-state index in [9.17, 15) is 23.1 Å². The van der Waals surface area contributed by atoms with Crippen molar-refractivity contribution in [2.75, 3.05) is 7.11 Å². The van der Waals surface area contributed by atoms with Crippen LogP contribution in [0.2, 0.25) is 0 Å². The number of aliphatic hydroxyl groups excluding tert-OH is 1. The molecular formula is C12H10F3NO3. The highest BCUT2D eigenvalue weighted by Crippen LogP contribution is 2.33. The highest BCUT2D eigenvalue weighted by molar-refractivity contribution is 5.89. The third-order valence-corrected chi connectivity index (χ3v) is 2.72. The van der Waals surface area contributed by atoms with Gasteiger partial charge in [0.25, 0.3) is 0 Å². The lowest BCUT2D eigenvalue weighted by Crippen LogP contribution is -2.13. The third-order valence-electron chi connectivity index (χ3n) is 2.72. The Morgan fingerprint density at radius 1 is 1.42 bits per heavy atom. The van der Waals surface area contributed by atoms with Crippen LogP contribution in [0.1, 0.15) is 17.4 Å². The number of aliphatic hydroxyl groups is 1. The quantitative estimate of drug-likeness (QED) is 0.826. The van der Waals surface area contributed by atoms with Crippen LogP contribution in [-0.2, 0) is 15.7 Å². The minimum Gasteiger partial charge on any atom is -0.467 e. The van der Waals surface area contributed by atoms with E-state index in [-0.39, 0.29) is 16.5 Å². The molecule has 1 aromatic carbocycles. The molecule has 0 saturated heterocycles. The first-order valence-corrected chi connectivity index (χ1v) is 5.29. The molecule has 1 aromatic heterocycles. The Bertz CT molecular complexity index is 618. The summed E-state index contributed by atoms with van der Waals surface area (Å²) in [5.41, 5.74) is -0.684. The van der Waals surface area contributed by atoms with Gasteiger partial charge in [-0.1, -0.05) is 12.1 Å². The molecule has 1 unspecified atom stereocenters. The average molecular weight is 273 g/mol. The highest BCUT2D eigenvalue weighted by Gasteiger charge is 2.33. The average Bonchev–Trinajstić information content (AvgIpc) is 2.80. The predicted molar refractivity (Wildman–Crippen MR) is 60.3 cm³/mol. The lowest BCUT2D eigenvalue weighted by Gasteiger charge is -2.09. The number of H-pyrrole nitrogens is 1. The van der Waals surface area contributed by atoms with Crippen molar-refractivity contribution in [3.8, 4) is 0 Å². The minimum atomic E-state index is -4.52. The molecule has 0 amide bonds. The van der Waals surface area contributed by atoms with Crippen LogP contribution in [0.4, 0.5) is 13.2 Å². The highest BCUT2D eigenvalue weighted by atomic mass is 19.4. The van der Waals surface area contributed by atoms with Gasteiger partial charge >= 0.3 is 12.1 Å². The second kappa shape index (κ2) is 4.58. The molecule has 0 radical (unpaired) electrons. The van der Waals surface area contributed by atoms with Gasteiger partial charge in [0.2, 0.25) is 0 Å². The number of fused-ring (bicyclic) bond motifs is 1. The molecule has 4 nitrogen and oxygen atoms in total. The summed E-state index contributed by atoms with van der Waals surface area (Å²) in [6, 6.07) is 5.10. The van der Waals surface area contributed by atoms with Crippen LogP contribution in [0.3, 0.4) is 0 Å². The van der Waals surface area contributed by atoms with E-state index in [1.807, 2.05) is 0 Å². The first kappa shape index (κ1) is 13.4. The zero-order valence-corrected chi connectivity index (χ0v) is 9.78. The fourth-order valence-corrected chi connectivity index (χ4v) is 1.81. The van der Waals surface area contributed by atoms with Crippen molar-refractivity contribution in [3.05, 3.63) is 35.5 Å². The molecule has 2 aromatic rings. The van der Waals surface area contributed by atoms with E-state index in [4.69, 9.17) is 0 Å². The monoisotopic (exact) mass is 273 g/mol. The first-order chi connectivity index (χ1) is 8.84. The van der Waals surface area contributed by atoms with Crippen molar-refractivity contribution in [2.45, 2.75) is 12.3 Å². The molecule has 0 spiro atoms. The maximum Gasteiger partial charge on any atom is 0.431 e. The van der Waals surface area contributed by atoms with Gasteiger partial charge in [-0.3, -0.25) is 0 Å². The van der Waals surface area contributed by atoms with Gasteiger partial charge in [-0.2, -0.15) is 13.2 Å². The van der Waals surface area contributed by atoms with Crippen molar-refractivity contribution in [1.29, 1.82) is 0 Å². The van der Waals surface area contributed by atoms with Crippen LogP contribution in [0, 0.1) is 0 Å². The van der Waals surface area contributed by atoms with E-state index < -0.39 is 23.9 Å². The van der Waals surface area contributed by atoms with E-state index in [0.717, 1.165) is 13.2 Å². The number of alkyl halides is 3.